The van der Waals surface area contributed by atoms with Crippen molar-refractivity contribution in [1.29, 1.82) is 0 Å². The number of hydrogen-bond acceptors (Lipinski definition) is 7. The Morgan fingerprint density at radius 1 is 1.22 bits per heavy atom. The third kappa shape index (κ3) is 4.35. The zero-order chi connectivity index (χ0) is 19.6. The SMILES string of the molecule is Cc1nc(N=Nc2cn(-c3cccc(NS(=O)(=O)N(C)C)c3)nc2C)n[nH]1. The van der Waals surface area contributed by atoms with Crippen LogP contribution in [0.4, 0.5) is 17.3 Å². The molecule has 0 aliphatic carbocycles. The Balaban J connectivity index is 1.85. The predicted octanol–water partition coefficient (Wildman–Crippen LogP) is 2.24. The zero-order valence-electron chi connectivity index (χ0n) is 15.2. The van der Waals surface area contributed by atoms with Gasteiger partial charge < -0.3 is 0 Å². The van der Waals surface area contributed by atoms with Crippen molar-refractivity contribution < 1.29 is 8.42 Å². The number of rotatable bonds is 6. The van der Waals surface area contributed by atoms with Crippen LogP contribution in [0.5, 0.6) is 0 Å². The number of azo groups is 1. The van der Waals surface area contributed by atoms with E-state index in [1.54, 1.807) is 49.0 Å². The summed E-state index contributed by atoms with van der Waals surface area (Å²) in [4.78, 5) is 4.06. The van der Waals surface area contributed by atoms with Crippen molar-refractivity contribution in [2.45, 2.75) is 13.8 Å². The summed E-state index contributed by atoms with van der Waals surface area (Å²) in [6.45, 7) is 3.57. The Morgan fingerprint density at radius 2 is 2.00 bits per heavy atom. The van der Waals surface area contributed by atoms with Gasteiger partial charge in [-0.25, -0.2) is 4.68 Å². The molecule has 2 N–H and O–H groups in total. The van der Waals surface area contributed by atoms with Gasteiger partial charge >= 0.3 is 10.2 Å². The summed E-state index contributed by atoms with van der Waals surface area (Å²) in [5.74, 6) is 0.882. The molecule has 3 rings (SSSR count). The lowest BCUT2D eigenvalue weighted by Gasteiger charge is -2.14. The molecule has 0 spiro atoms. The van der Waals surface area contributed by atoms with Crippen LogP contribution in [0.1, 0.15) is 11.5 Å². The minimum absolute atomic E-state index is 0.236. The van der Waals surface area contributed by atoms with Gasteiger partial charge in [-0.3, -0.25) is 9.82 Å². The first-order valence-electron chi connectivity index (χ1n) is 7.92. The summed E-state index contributed by atoms with van der Waals surface area (Å²) in [5.41, 5.74) is 2.31. The second-order valence-corrected chi connectivity index (χ2v) is 7.79. The highest BCUT2D eigenvalue weighted by Crippen LogP contribution is 2.23. The number of nitrogens with zero attached hydrogens (tertiary/aromatic N) is 7. The lowest BCUT2D eigenvalue weighted by Crippen LogP contribution is -2.28. The van der Waals surface area contributed by atoms with Gasteiger partial charge in [0.1, 0.15) is 11.5 Å². The van der Waals surface area contributed by atoms with Crippen molar-refractivity contribution in [1.82, 2.24) is 29.3 Å². The number of aromatic nitrogens is 5. The predicted molar refractivity (Wildman–Crippen MR) is 99.8 cm³/mol. The van der Waals surface area contributed by atoms with Crippen LogP contribution in [0.2, 0.25) is 0 Å². The molecule has 1 aromatic carbocycles. The average Bonchev–Trinajstić information content (AvgIpc) is 3.18. The topological polar surface area (TPSA) is 134 Å². The minimum Gasteiger partial charge on any atom is -0.271 e. The molecular formula is C15H19N9O2S. The molecule has 0 fully saturated rings. The number of nitrogens with one attached hydrogen (secondary N) is 2. The molecule has 0 bridgehead atoms. The molecule has 12 heteroatoms. The van der Waals surface area contributed by atoms with Crippen LogP contribution in [0.15, 0.2) is 40.7 Å². The highest BCUT2D eigenvalue weighted by atomic mass is 32.2. The molecule has 0 saturated carbocycles. The van der Waals surface area contributed by atoms with Gasteiger partial charge in [-0.1, -0.05) is 6.07 Å². The molecule has 0 aliphatic rings. The molecular weight excluding hydrogens is 370 g/mol. The second kappa shape index (κ2) is 7.25. The number of aromatic amines is 1. The van der Waals surface area contributed by atoms with Crippen LogP contribution in [-0.4, -0.2) is 51.8 Å². The standard InChI is InChI=1S/C15H19N9O2S/c1-10-14(18-20-15-16-11(2)17-19-15)9-24(21-10)13-7-5-6-12(8-13)22-27(25,26)23(3)4/h5-9,22H,1-4H3,(H,16,17,19). The van der Waals surface area contributed by atoms with Crippen molar-refractivity contribution in [3.8, 4) is 5.69 Å². The lowest BCUT2D eigenvalue weighted by molar-refractivity contribution is 0.527. The number of hydrogen-bond donors (Lipinski definition) is 2. The summed E-state index contributed by atoms with van der Waals surface area (Å²) in [5, 5.41) is 19.1. The third-order valence-electron chi connectivity index (χ3n) is 3.54. The van der Waals surface area contributed by atoms with Crippen LogP contribution in [-0.2, 0) is 10.2 Å². The van der Waals surface area contributed by atoms with Crippen molar-refractivity contribution in [3.05, 3.63) is 42.0 Å². The van der Waals surface area contributed by atoms with E-state index in [0.29, 0.717) is 28.6 Å². The molecule has 2 heterocycles. The van der Waals surface area contributed by atoms with Crippen LogP contribution in [0.25, 0.3) is 5.69 Å². The average molecular weight is 389 g/mol. The van der Waals surface area contributed by atoms with Crippen LogP contribution < -0.4 is 4.72 Å². The van der Waals surface area contributed by atoms with Crippen molar-refractivity contribution in [3.63, 3.8) is 0 Å². The van der Waals surface area contributed by atoms with Gasteiger partial charge in [-0.2, -0.15) is 22.8 Å². The van der Waals surface area contributed by atoms with E-state index in [0.717, 1.165) is 4.31 Å². The zero-order valence-corrected chi connectivity index (χ0v) is 16.1. The first kappa shape index (κ1) is 18.7. The van der Waals surface area contributed by atoms with Crippen LogP contribution >= 0.6 is 0 Å². The molecule has 0 radical (unpaired) electrons. The Hall–Kier alpha value is -3.12. The molecule has 0 atom stereocenters. The summed E-state index contributed by atoms with van der Waals surface area (Å²) < 4.78 is 29.1. The molecule has 0 amide bonds. The fourth-order valence-corrected chi connectivity index (χ4v) is 2.72. The number of benzene rings is 1. The summed E-state index contributed by atoms with van der Waals surface area (Å²) in [6, 6.07) is 6.87. The Labute approximate surface area is 156 Å². The highest BCUT2D eigenvalue weighted by Gasteiger charge is 2.14. The van der Waals surface area contributed by atoms with Gasteiger partial charge in [0.15, 0.2) is 0 Å². The van der Waals surface area contributed by atoms with E-state index in [1.807, 2.05) is 0 Å². The van der Waals surface area contributed by atoms with Gasteiger partial charge in [0.25, 0.3) is 5.95 Å². The first-order valence-corrected chi connectivity index (χ1v) is 9.36. The Kier molecular flexibility index (Phi) is 5.01. The van der Waals surface area contributed by atoms with E-state index in [1.165, 1.54) is 14.1 Å². The quantitative estimate of drug-likeness (QED) is 0.624. The molecule has 0 unspecified atom stereocenters. The van der Waals surface area contributed by atoms with Crippen molar-refractivity contribution in [2.24, 2.45) is 10.2 Å². The normalized spacial score (nSPS) is 12.2. The third-order valence-corrected chi connectivity index (χ3v) is 5.00. The first-order chi connectivity index (χ1) is 12.7. The number of H-pyrrole nitrogens is 1. The maximum atomic E-state index is 12.0. The molecule has 11 nitrogen and oxygen atoms in total. The summed E-state index contributed by atoms with van der Waals surface area (Å²) >= 11 is 0. The van der Waals surface area contributed by atoms with E-state index in [-0.39, 0.29) is 5.95 Å². The van der Waals surface area contributed by atoms with Gasteiger partial charge in [0.05, 0.1) is 23.3 Å². The van der Waals surface area contributed by atoms with E-state index in [4.69, 9.17) is 0 Å². The lowest BCUT2D eigenvalue weighted by atomic mass is 10.3. The van der Waals surface area contributed by atoms with E-state index >= 15 is 0 Å². The largest absolute Gasteiger partial charge is 0.301 e. The monoisotopic (exact) mass is 389 g/mol. The van der Waals surface area contributed by atoms with Gasteiger partial charge in [-0.05, 0) is 32.0 Å². The smallest absolute Gasteiger partial charge is 0.271 e. The minimum atomic E-state index is -3.59. The second-order valence-electron chi connectivity index (χ2n) is 5.90. The van der Waals surface area contributed by atoms with Gasteiger partial charge in [-0.15, -0.1) is 15.3 Å². The number of aryl methyl sites for hydroxylation is 2. The molecule has 0 saturated heterocycles. The Morgan fingerprint density at radius 3 is 2.67 bits per heavy atom. The maximum Gasteiger partial charge on any atom is 0.301 e. The van der Waals surface area contributed by atoms with E-state index in [9.17, 15) is 8.42 Å². The van der Waals surface area contributed by atoms with Gasteiger partial charge in [0, 0.05) is 14.1 Å². The summed E-state index contributed by atoms with van der Waals surface area (Å²) in [6.07, 6.45) is 1.69. The fraction of sp³-hybridized carbons (Fsp3) is 0.267. The van der Waals surface area contributed by atoms with E-state index < -0.39 is 10.2 Å². The molecule has 2 aromatic heterocycles. The molecule has 27 heavy (non-hydrogen) atoms. The van der Waals surface area contributed by atoms with Crippen LogP contribution in [0, 0.1) is 13.8 Å². The van der Waals surface area contributed by atoms with Crippen molar-refractivity contribution >= 4 is 27.5 Å². The maximum absolute atomic E-state index is 12.0. The highest BCUT2D eigenvalue weighted by molar-refractivity contribution is 7.90. The molecule has 142 valence electrons. The molecule has 0 aliphatic heterocycles. The fourth-order valence-electron chi connectivity index (χ4n) is 2.11. The van der Waals surface area contributed by atoms with E-state index in [2.05, 4.69) is 35.2 Å². The van der Waals surface area contributed by atoms with Gasteiger partial charge in [0.2, 0.25) is 0 Å². The Bertz CT molecular complexity index is 1080. The summed E-state index contributed by atoms with van der Waals surface area (Å²) in [7, 11) is -0.678. The van der Waals surface area contributed by atoms with Crippen molar-refractivity contribution in [2.75, 3.05) is 18.8 Å². The molecule has 3 aromatic rings. The number of anilines is 1. The van der Waals surface area contributed by atoms with Crippen LogP contribution in [0.3, 0.4) is 0 Å².